The summed E-state index contributed by atoms with van der Waals surface area (Å²) >= 11 is 0. The van der Waals surface area contributed by atoms with Crippen LogP contribution in [0.5, 0.6) is 0 Å². The molecule has 2 amide bonds. The first-order valence-corrected chi connectivity index (χ1v) is 5.54. The van der Waals surface area contributed by atoms with Crippen LogP contribution in [0.3, 0.4) is 0 Å². The van der Waals surface area contributed by atoms with E-state index in [0.29, 0.717) is 18.0 Å². The van der Waals surface area contributed by atoms with Crippen molar-refractivity contribution < 1.29 is 4.79 Å². The van der Waals surface area contributed by atoms with Gasteiger partial charge in [0.25, 0.3) is 0 Å². The van der Waals surface area contributed by atoms with Gasteiger partial charge in [-0.15, -0.1) is 0 Å². The molecule has 1 unspecified atom stereocenters. The Labute approximate surface area is 86.9 Å². The molecule has 0 aromatic carbocycles. The molecule has 3 nitrogen and oxygen atoms in total. The van der Waals surface area contributed by atoms with Gasteiger partial charge in [-0.25, -0.2) is 4.79 Å². The molecule has 1 fully saturated rings. The van der Waals surface area contributed by atoms with E-state index in [1.807, 2.05) is 11.9 Å². The Hall–Kier alpha value is -0.730. The number of amides is 2. The minimum Gasteiger partial charge on any atom is -0.335 e. The molecule has 1 N–H and O–H groups in total. The summed E-state index contributed by atoms with van der Waals surface area (Å²) in [5.74, 6) is 0.640. The summed E-state index contributed by atoms with van der Waals surface area (Å²) < 4.78 is 0. The van der Waals surface area contributed by atoms with Gasteiger partial charge in [-0.2, -0.15) is 0 Å². The molecule has 3 heteroatoms. The van der Waals surface area contributed by atoms with Crippen LogP contribution in [0.25, 0.3) is 0 Å². The number of hydrogen-bond acceptors (Lipinski definition) is 1. The van der Waals surface area contributed by atoms with Gasteiger partial charge in [0.05, 0.1) is 0 Å². The van der Waals surface area contributed by atoms with E-state index in [0.717, 1.165) is 19.3 Å². The normalized spacial score (nSPS) is 18.1. The first kappa shape index (κ1) is 11.3. The second-order valence-corrected chi connectivity index (χ2v) is 4.81. The van der Waals surface area contributed by atoms with Crippen molar-refractivity contribution in [1.29, 1.82) is 0 Å². The Morgan fingerprint density at radius 3 is 2.43 bits per heavy atom. The van der Waals surface area contributed by atoms with Gasteiger partial charge < -0.3 is 10.2 Å². The average Bonchev–Trinajstić information content (AvgIpc) is 2.85. The van der Waals surface area contributed by atoms with Crippen molar-refractivity contribution in [2.75, 3.05) is 7.05 Å². The van der Waals surface area contributed by atoms with Gasteiger partial charge >= 0.3 is 6.03 Å². The molecule has 0 spiro atoms. The Kier molecular flexibility index (Phi) is 3.78. The summed E-state index contributed by atoms with van der Waals surface area (Å²) in [7, 11) is 1.88. The van der Waals surface area contributed by atoms with E-state index in [2.05, 4.69) is 26.1 Å². The van der Waals surface area contributed by atoms with Crippen molar-refractivity contribution in [3.05, 3.63) is 0 Å². The molecule has 0 radical (unpaired) electrons. The summed E-state index contributed by atoms with van der Waals surface area (Å²) in [6.45, 7) is 6.47. The first-order chi connectivity index (χ1) is 6.50. The van der Waals surface area contributed by atoms with Gasteiger partial charge in [-0.3, -0.25) is 0 Å². The van der Waals surface area contributed by atoms with Crippen LogP contribution in [0.4, 0.5) is 4.79 Å². The largest absolute Gasteiger partial charge is 0.335 e. The minimum absolute atomic E-state index is 0.0839. The lowest BCUT2D eigenvalue weighted by Crippen LogP contribution is -2.43. The van der Waals surface area contributed by atoms with Gasteiger partial charge in [0, 0.05) is 19.1 Å². The van der Waals surface area contributed by atoms with E-state index in [-0.39, 0.29) is 6.03 Å². The molecule has 1 saturated carbocycles. The molecule has 0 heterocycles. The third kappa shape index (κ3) is 3.56. The Bertz CT molecular complexity index is 199. The highest BCUT2D eigenvalue weighted by molar-refractivity contribution is 5.74. The smallest absolute Gasteiger partial charge is 0.317 e. The predicted molar refractivity (Wildman–Crippen MR) is 58.2 cm³/mol. The van der Waals surface area contributed by atoms with Gasteiger partial charge in [0.2, 0.25) is 0 Å². The third-order valence-electron chi connectivity index (χ3n) is 2.70. The first-order valence-electron chi connectivity index (χ1n) is 5.54. The van der Waals surface area contributed by atoms with Crippen LogP contribution in [-0.4, -0.2) is 30.1 Å². The highest BCUT2D eigenvalue weighted by atomic mass is 16.2. The van der Waals surface area contributed by atoms with E-state index < -0.39 is 0 Å². The quantitative estimate of drug-likeness (QED) is 0.738. The SMILES string of the molecule is CC(C)CC(C)N(C)C(=O)NC1CC1. The van der Waals surface area contributed by atoms with E-state index in [1.165, 1.54) is 0 Å². The molecule has 1 aliphatic rings. The Morgan fingerprint density at radius 1 is 1.43 bits per heavy atom. The fourth-order valence-corrected chi connectivity index (χ4v) is 1.54. The molecule has 0 aromatic rings. The highest BCUT2D eigenvalue weighted by Gasteiger charge is 2.26. The number of nitrogens with one attached hydrogen (secondary N) is 1. The number of rotatable bonds is 4. The lowest BCUT2D eigenvalue weighted by molar-refractivity contribution is 0.186. The standard InChI is InChI=1S/C11H22N2O/c1-8(2)7-9(3)13(4)11(14)12-10-5-6-10/h8-10H,5-7H2,1-4H3,(H,12,14). The second kappa shape index (κ2) is 4.67. The van der Waals surface area contributed by atoms with Gasteiger partial charge in [0.15, 0.2) is 0 Å². The molecule has 0 aliphatic heterocycles. The average molecular weight is 198 g/mol. The van der Waals surface area contributed by atoms with Gasteiger partial charge in [0.1, 0.15) is 0 Å². The number of carbonyl (C=O) groups is 1. The lowest BCUT2D eigenvalue weighted by atomic mass is 10.0. The minimum atomic E-state index is 0.0839. The van der Waals surface area contributed by atoms with Crippen LogP contribution in [0.15, 0.2) is 0 Å². The van der Waals surface area contributed by atoms with E-state index in [1.54, 1.807) is 0 Å². The van der Waals surface area contributed by atoms with Crippen molar-refractivity contribution in [2.24, 2.45) is 5.92 Å². The summed E-state index contributed by atoms with van der Waals surface area (Å²) in [6.07, 6.45) is 3.37. The number of hydrogen-bond donors (Lipinski definition) is 1. The summed E-state index contributed by atoms with van der Waals surface area (Å²) in [5.41, 5.74) is 0. The van der Waals surface area contributed by atoms with Gasteiger partial charge in [-0.05, 0) is 32.1 Å². The second-order valence-electron chi connectivity index (χ2n) is 4.81. The molecule has 0 saturated heterocycles. The van der Waals surface area contributed by atoms with Crippen LogP contribution in [0.2, 0.25) is 0 Å². The fraction of sp³-hybridized carbons (Fsp3) is 0.909. The van der Waals surface area contributed by atoms with Gasteiger partial charge in [-0.1, -0.05) is 13.8 Å². The summed E-state index contributed by atoms with van der Waals surface area (Å²) in [6, 6.07) is 0.866. The predicted octanol–water partition coefficient (Wildman–Crippen LogP) is 2.22. The highest BCUT2D eigenvalue weighted by Crippen LogP contribution is 2.19. The molecule has 1 atom stereocenters. The molecule has 14 heavy (non-hydrogen) atoms. The summed E-state index contributed by atoms with van der Waals surface area (Å²) in [4.78, 5) is 13.4. The molecule has 82 valence electrons. The maximum absolute atomic E-state index is 11.6. The molecule has 1 rings (SSSR count). The molecule has 0 bridgehead atoms. The van der Waals surface area contributed by atoms with Crippen molar-refractivity contribution in [3.63, 3.8) is 0 Å². The number of carbonyl (C=O) groups excluding carboxylic acids is 1. The fourth-order valence-electron chi connectivity index (χ4n) is 1.54. The number of nitrogens with zero attached hydrogens (tertiary/aromatic N) is 1. The van der Waals surface area contributed by atoms with Crippen LogP contribution in [-0.2, 0) is 0 Å². The molecular formula is C11H22N2O. The van der Waals surface area contributed by atoms with E-state index in [4.69, 9.17) is 0 Å². The van der Waals surface area contributed by atoms with Crippen LogP contribution >= 0.6 is 0 Å². The molecular weight excluding hydrogens is 176 g/mol. The van der Waals surface area contributed by atoms with E-state index in [9.17, 15) is 4.79 Å². The monoisotopic (exact) mass is 198 g/mol. The zero-order valence-electron chi connectivity index (χ0n) is 9.71. The van der Waals surface area contributed by atoms with Crippen molar-refractivity contribution >= 4 is 6.03 Å². The Balaban J connectivity index is 2.29. The molecule has 1 aliphatic carbocycles. The molecule has 0 aromatic heterocycles. The third-order valence-corrected chi connectivity index (χ3v) is 2.70. The lowest BCUT2D eigenvalue weighted by Gasteiger charge is -2.26. The van der Waals surface area contributed by atoms with Crippen molar-refractivity contribution in [3.8, 4) is 0 Å². The maximum Gasteiger partial charge on any atom is 0.317 e. The van der Waals surface area contributed by atoms with E-state index >= 15 is 0 Å². The van der Waals surface area contributed by atoms with Crippen LogP contribution in [0, 0.1) is 5.92 Å². The maximum atomic E-state index is 11.6. The summed E-state index contributed by atoms with van der Waals surface area (Å²) in [5, 5.41) is 2.99. The zero-order chi connectivity index (χ0) is 10.7. The van der Waals surface area contributed by atoms with Crippen molar-refractivity contribution in [1.82, 2.24) is 10.2 Å². The zero-order valence-corrected chi connectivity index (χ0v) is 9.71. The van der Waals surface area contributed by atoms with Crippen LogP contribution in [0.1, 0.15) is 40.0 Å². The van der Waals surface area contributed by atoms with Crippen LogP contribution < -0.4 is 5.32 Å². The van der Waals surface area contributed by atoms with Crippen molar-refractivity contribution in [2.45, 2.75) is 52.1 Å². The number of urea groups is 1. The topological polar surface area (TPSA) is 32.3 Å². The Morgan fingerprint density at radius 2 is 2.00 bits per heavy atom.